The van der Waals surface area contributed by atoms with E-state index in [1.165, 1.54) is 0 Å². The molecule has 0 aromatic heterocycles. The zero-order chi connectivity index (χ0) is 17.6. The number of carbonyl (C=O) groups is 2. The summed E-state index contributed by atoms with van der Waals surface area (Å²) in [6, 6.07) is 5.04. The molecule has 0 spiro atoms. The SMILES string of the molecule is CCC(C)(C)C(=O)OCC(O)COC(=O)c1ccc(Br)cc1Br. The van der Waals surface area contributed by atoms with E-state index in [0.717, 1.165) is 4.47 Å². The topological polar surface area (TPSA) is 72.8 Å². The van der Waals surface area contributed by atoms with Gasteiger partial charge < -0.3 is 14.6 Å². The second-order valence-corrected chi connectivity index (χ2v) is 7.48. The Labute approximate surface area is 152 Å². The van der Waals surface area contributed by atoms with Crippen molar-refractivity contribution in [1.29, 1.82) is 0 Å². The fourth-order valence-electron chi connectivity index (χ4n) is 1.46. The van der Waals surface area contributed by atoms with Crippen LogP contribution in [0.3, 0.4) is 0 Å². The lowest BCUT2D eigenvalue weighted by Gasteiger charge is -2.21. The van der Waals surface area contributed by atoms with Crippen molar-refractivity contribution in [2.45, 2.75) is 33.3 Å². The van der Waals surface area contributed by atoms with Crippen LogP contribution < -0.4 is 0 Å². The molecule has 1 rings (SSSR count). The smallest absolute Gasteiger partial charge is 0.339 e. The number of benzene rings is 1. The van der Waals surface area contributed by atoms with Gasteiger partial charge in [0.1, 0.15) is 19.3 Å². The van der Waals surface area contributed by atoms with Crippen molar-refractivity contribution in [2.75, 3.05) is 13.2 Å². The predicted molar refractivity (Wildman–Crippen MR) is 93.2 cm³/mol. The van der Waals surface area contributed by atoms with Gasteiger partial charge >= 0.3 is 11.9 Å². The van der Waals surface area contributed by atoms with E-state index >= 15 is 0 Å². The van der Waals surface area contributed by atoms with Gasteiger partial charge in [-0.3, -0.25) is 4.79 Å². The molecule has 0 fully saturated rings. The molecule has 0 amide bonds. The van der Waals surface area contributed by atoms with Crippen LogP contribution in [0.5, 0.6) is 0 Å². The van der Waals surface area contributed by atoms with E-state index in [0.29, 0.717) is 16.5 Å². The zero-order valence-corrected chi connectivity index (χ0v) is 16.4. The van der Waals surface area contributed by atoms with Crippen molar-refractivity contribution in [3.8, 4) is 0 Å². The highest BCUT2D eigenvalue weighted by atomic mass is 79.9. The molecule has 128 valence electrons. The minimum atomic E-state index is -1.07. The van der Waals surface area contributed by atoms with Gasteiger partial charge in [-0.15, -0.1) is 0 Å². The molecule has 1 atom stereocenters. The Balaban J connectivity index is 2.45. The molecule has 0 aliphatic heterocycles. The normalized spacial score (nSPS) is 12.6. The summed E-state index contributed by atoms with van der Waals surface area (Å²) in [7, 11) is 0. The van der Waals surface area contributed by atoms with Crippen molar-refractivity contribution in [3.63, 3.8) is 0 Å². The van der Waals surface area contributed by atoms with Crippen LogP contribution in [0.2, 0.25) is 0 Å². The van der Waals surface area contributed by atoms with E-state index in [2.05, 4.69) is 31.9 Å². The maximum absolute atomic E-state index is 11.9. The van der Waals surface area contributed by atoms with Gasteiger partial charge in [-0.2, -0.15) is 0 Å². The standard InChI is InChI=1S/C16H20Br2O5/c1-4-16(2,3)15(21)23-9-11(19)8-22-14(20)12-6-5-10(17)7-13(12)18/h5-7,11,19H,4,8-9H2,1-3H3. The van der Waals surface area contributed by atoms with Crippen molar-refractivity contribution >= 4 is 43.8 Å². The summed E-state index contributed by atoms with van der Waals surface area (Å²) in [5.74, 6) is -0.954. The van der Waals surface area contributed by atoms with E-state index in [4.69, 9.17) is 9.47 Å². The molecule has 1 N–H and O–H groups in total. The Morgan fingerprint density at radius 3 is 2.39 bits per heavy atom. The highest BCUT2D eigenvalue weighted by Crippen LogP contribution is 2.23. The van der Waals surface area contributed by atoms with Crippen LogP contribution in [0.1, 0.15) is 37.6 Å². The summed E-state index contributed by atoms with van der Waals surface area (Å²) in [6.45, 7) is 4.97. The van der Waals surface area contributed by atoms with Gasteiger partial charge in [-0.1, -0.05) is 22.9 Å². The third-order valence-corrected chi connectivity index (χ3v) is 4.55. The summed E-state index contributed by atoms with van der Waals surface area (Å²) >= 11 is 6.56. The number of aliphatic hydroxyl groups excluding tert-OH is 1. The molecule has 5 nitrogen and oxygen atoms in total. The number of aliphatic hydroxyl groups is 1. The van der Waals surface area contributed by atoms with Crippen LogP contribution >= 0.6 is 31.9 Å². The second kappa shape index (κ2) is 8.80. The van der Waals surface area contributed by atoms with E-state index in [-0.39, 0.29) is 19.2 Å². The molecule has 7 heteroatoms. The quantitative estimate of drug-likeness (QED) is 0.639. The average Bonchev–Trinajstić information content (AvgIpc) is 2.50. The second-order valence-electron chi connectivity index (χ2n) is 5.71. The first kappa shape index (κ1) is 20.1. The lowest BCUT2D eigenvalue weighted by molar-refractivity contribution is -0.157. The molecule has 0 aliphatic rings. The fourth-order valence-corrected chi connectivity index (χ4v) is 2.67. The summed E-state index contributed by atoms with van der Waals surface area (Å²) in [5.41, 5.74) is -0.247. The van der Waals surface area contributed by atoms with Gasteiger partial charge in [0.2, 0.25) is 0 Å². The molecule has 0 aliphatic carbocycles. The molecule has 1 aromatic rings. The Hall–Kier alpha value is -0.920. The van der Waals surface area contributed by atoms with Crippen LogP contribution in [-0.2, 0) is 14.3 Å². The van der Waals surface area contributed by atoms with Crippen molar-refractivity contribution in [2.24, 2.45) is 5.41 Å². The van der Waals surface area contributed by atoms with Crippen LogP contribution in [-0.4, -0.2) is 36.4 Å². The van der Waals surface area contributed by atoms with Crippen LogP contribution in [0.15, 0.2) is 27.1 Å². The Morgan fingerprint density at radius 2 is 1.83 bits per heavy atom. The molecule has 0 bridgehead atoms. The molecule has 0 radical (unpaired) electrons. The summed E-state index contributed by atoms with van der Waals surface area (Å²) in [5, 5.41) is 9.77. The molecule has 1 unspecified atom stereocenters. The lowest BCUT2D eigenvalue weighted by atomic mass is 9.91. The van der Waals surface area contributed by atoms with Crippen molar-refractivity contribution in [1.82, 2.24) is 0 Å². The zero-order valence-electron chi connectivity index (χ0n) is 13.3. The predicted octanol–water partition coefficient (Wildman–Crippen LogP) is 3.71. The van der Waals surface area contributed by atoms with Crippen molar-refractivity contribution < 1.29 is 24.2 Å². The minimum absolute atomic E-state index is 0.211. The van der Waals surface area contributed by atoms with Gasteiger partial charge in [-0.25, -0.2) is 4.79 Å². The summed E-state index contributed by atoms with van der Waals surface area (Å²) < 4.78 is 11.5. The Bertz CT molecular complexity index is 572. The number of esters is 2. The molecule has 1 aromatic carbocycles. The van der Waals surface area contributed by atoms with Gasteiger partial charge in [0.15, 0.2) is 0 Å². The summed E-state index contributed by atoms with van der Waals surface area (Å²) in [6.07, 6.45) is -0.432. The van der Waals surface area contributed by atoms with E-state index < -0.39 is 17.5 Å². The van der Waals surface area contributed by atoms with Gasteiger partial charge in [0.05, 0.1) is 11.0 Å². The van der Waals surface area contributed by atoms with Gasteiger partial charge in [0, 0.05) is 8.95 Å². The lowest BCUT2D eigenvalue weighted by Crippen LogP contribution is -2.31. The molecule has 23 heavy (non-hydrogen) atoms. The highest BCUT2D eigenvalue weighted by molar-refractivity contribution is 9.11. The first-order valence-corrected chi connectivity index (χ1v) is 8.73. The largest absolute Gasteiger partial charge is 0.462 e. The number of ether oxygens (including phenoxy) is 2. The molecule has 0 heterocycles. The Kier molecular flexibility index (Phi) is 7.70. The minimum Gasteiger partial charge on any atom is -0.462 e. The van der Waals surface area contributed by atoms with E-state index in [1.54, 1.807) is 32.0 Å². The number of rotatable bonds is 7. The summed E-state index contributed by atoms with van der Waals surface area (Å²) in [4.78, 5) is 23.7. The maximum atomic E-state index is 11.9. The number of hydrogen-bond donors (Lipinski definition) is 1. The number of hydrogen-bond acceptors (Lipinski definition) is 5. The molecular weight excluding hydrogens is 432 g/mol. The molecule has 0 saturated carbocycles. The van der Waals surface area contributed by atoms with Gasteiger partial charge in [0.25, 0.3) is 0 Å². The molecule has 0 saturated heterocycles. The number of halogens is 2. The first-order chi connectivity index (χ1) is 10.7. The van der Waals surface area contributed by atoms with Crippen LogP contribution in [0.25, 0.3) is 0 Å². The van der Waals surface area contributed by atoms with E-state index in [9.17, 15) is 14.7 Å². The number of carbonyl (C=O) groups excluding carboxylic acids is 2. The van der Waals surface area contributed by atoms with Gasteiger partial charge in [-0.05, 0) is 54.4 Å². The maximum Gasteiger partial charge on any atom is 0.339 e. The van der Waals surface area contributed by atoms with Crippen molar-refractivity contribution in [3.05, 3.63) is 32.7 Å². The fraction of sp³-hybridized carbons (Fsp3) is 0.500. The average molecular weight is 452 g/mol. The Morgan fingerprint density at radius 1 is 1.22 bits per heavy atom. The third-order valence-electron chi connectivity index (χ3n) is 3.40. The monoisotopic (exact) mass is 450 g/mol. The van der Waals surface area contributed by atoms with E-state index in [1.807, 2.05) is 6.92 Å². The highest BCUT2D eigenvalue weighted by Gasteiger charge is 2.27. The van der Waals surface area contributed by atoms with Crippen LogP contribution in [0.4, 0.5) is 0 Å². The first-order valence-electron chi connectivity index (χ1n) is 7.15. The molecular formula is C16H20Br2O5. The van der Waals surface area contributed by atoms with Crippen LogP contribution in [0, 0.1) is 5.41 Å². The third kappa shape index (κ3) is 6.24.